The zero-order valence-electron chi connectivity index (χ0n) is 15.3. The van der Waals surface area contributed by atoms with Gasteiger partial charge >= 0.3 is 0 Å². The number of hydrogen-bond donors (Lipinski definition) is 1. The second-order valence-corrected chi connectivity index (χ2v) is 7.65. The predicted octanol–water partition coefficient (Wildman–Crippen LogP) is 5.36. The average molecular weight is 392 g/mol. The van der Waals surface area contributed by atoms with Crippen LogP contribution in [-0.4, -0.2) is 24.3 Å². The van der Waals surface area contributed by atoms with E-state index in [1.165, 1.54) is 5.56 Å². The van der Waals surface area contributed by atoms with Gasteiger partial charge in [0.2, 0.25) is 5.91 Å². The Morgan fingerprint density at radius 2 is 1.81 bits per heavy atom. The van der Waals surface area contributed by atoms with Crippen molar-refractivity contribution in [2.45, 2.75) is 43.3 Å². The van der Waals surface area contributed by atoms with Gasteiger partial charge in [0.15, 0.2) is 0 Å². The number of ether oxygens (including phenoxy) is 1. The molecular formula is C21H26ClNO2S. The SMILES string of the molecule is CCOc1ccc(CCCNC(=O)C(CC)Sc2ccc(Cl)cc2)cc1. The maximum atomic E-state index is 12.4. The maximum Gasteiger partial charge on any atom is 0.233 e. The summed E-state index contributed by atoms with van der Waals surface area (Å²) in [7, 11) is 0. The summed E-state index contributed by atoms with van der Waals surface area (Å²) >= 11 is 7.49. The van der Waals surface area contributed by atoms with Gasteiger partial charge < -0.3 is 10.1 Å². The van der Waals surface area contributed by atoms with Crippen LogP contribution in [0.15, 0.2) is 53.4 Å². The van der Waals surface area contributed by atoms with Gasteiger partial charge in [0.25, 0.3) is 0 Å². The zero-order valence-corrected chi connectivity index (χ0v) is 16.9. The highest BCUT2D eigenvalue weighted by atomic mass is 35.5. The molecule has 140 valence electrons. The monoisotopic (exact) mass is 391 g/mol. The van der Waals surface area contributed by atoms with E-state index in [1.54, 1.807) is 11.8 Å². The summed E-state index contributed by atoms with van der Waals surface area (Å²) in [5, 5.41) is 3.68. The van der Waals surface area contributed by atoms with E-state index in [4.69, 9.17) is 16.3 Å². The smallest absolute Gasteiger partial charge is 0.233 e. The standard InChI is InChI=1S/C21H26ClNO2S/c1-3-20(26-19-13-9-17(22)10-14-19)21(24)23-15-5-6-16-7-11-18(12-8-16)25-4-2/h7-14,20H,3-6,15H2,1-2H3,(H,23,24). The quantitative estimate of drug-likeness (QED) is 0.437. The van der Waals surface area contributed by atoms with Crippen LogP contribution in [0.2, 0.25) is 5.02 Å². The zero-order chi connectivity index (χ0) is 18.8. The van der Waals surface area contributed by atoms with Gasteiger partial charge in [-0.1, -0.05) is 30.7 Å². The summed E-state index contributed by atoms with van der Waals surface area (Å²) in [6.07, 6.45) is 2.65. The molecule has 0 aliphatic rings. The Kier molecular flexibility index (Phi) is 8.86. The third-order valence-electron chi connectivity index (χ3n) is 3.93. The summed E-state index contributed by atoms with van der Waals surface area (Å²) in [4.78, 5) is 13.5. The normalized spacial score (nSPS) is 11.8. The van der Waals surface area contributed by atoms with Crippen LogP contribution in [0.4, 0.5) is 0 Å². The van der Waals surface area contributed by atoms with Crippen LogP contribution in [0.1, 0.15) is 32.3 Å². The van der Waals surface area contributed by atoms with E-state index in [0.717, 1.165) is 29.9 Å². The molecule has 0 bridgehead atoms. The van der Waals surface area contributed by atoms with Crippen molar-refractivity contribution in [1.82, 2.24) is 5.32 Å². The topological polar surface area (TPSA) is 38.3 Å². The van der Waals surface area contributed by atoms with E-state index < -0.39 is 0 Å². The van der Waals surface area contributed by atoms with Crippen molar-refractivity contribution in [3.05, 3.63) is 59.1 Å². The molecule has 0 aromatic heterocycles. The van der Waals surface area contributed by atoms with Crippen molar-refractivity contribution in [2.75, 3.05) is 13.2 Å². The van der Waals surface area contributed by atoms with Crippen molar-refractivity contribution in [3.8, 4) is 5.75 Å². The van der Waals surface area contributed by atoms with E-state index >= 15 is 0 Å². The Morgan fingerprint density at radius 3 is 2.42 bits per heavy atom. The van der Waals surface area contributed by atoms with Crippen molar-refractivity contribution < 1.29 is 9.53 Å². The molecule has 2 aromatic carbocycles. The lowest BCUT2D eigenvalue weighted by atomic mass is 10.1. The van der Waals surface area contributed by atoms with Crippen LogP contribution < -0.4 is 10.1 Å². The molecule has 0 radical (unpaired) electrons. The van der Waals surface area contributed by atoms with Crippen LogP contribution in [0.5, 0.6) is 5.75 Å². The van der Waals surface area contributed by atoms with Crippen molar-refractivity contribution in [2.24, 2.45) is 0 Å². The first-order chi connectivity index (χ1) is 12.6. The van der Waals surface area contributed by atoms with Gasteiger partial charge in [-0.25, -0.2) is 0 Å². The third-order valence-corrected chi connectivity index (χ3v) is 5.56. The van der Waals surface area contributed by atoms with E-state index in [2.05, 4.69) is 17.4 Å². The average Bonchev–Trinajstić information content (AvgIpc) is 2.66. The predicted molar refractivity (Wildman–Crippen MR) is 110 cm³/mol. The lowest BCUT2D eigenvalue weighted by Crippen LogP contribution is -2.33. The molecule has 2 aromatic rings. The maximum absolute atomic E-state index is 12.4. The van der Waals surface area contributed by atoms with Crippen LogP contribution in [0, 0.1) is 0 Å². The molecule has 0 aliphatic carbocycles. The van der Waals surface area contributed by atoms with Gasteiger partial charge in [0, 0.05) is 16.5 Å². The summed E-state index contributed by atoms with van der Waals surface area (Å²) in [5.74, 6) is 0.994. The number of halogens is 1. The molecule has 0 saturated carbocycles. The van der Waals surface area contributed by atoms with Crippen LogP contribution in [-0.2, 0) is 11.2 Å². The molecule has 0 spiro atoms. The Labute approximate surface area is 165 Å². The highest BCUT2D eigenvalue weighted by molar-refractivity contribution is 8.00. The number of rotatable bonds is 10. The molecule has 1 N–H and O–H groups in total. The number of carbonyl (C=O) groups excluding carboxylic acids is 1. The Bertz CT molecular complexity index is 673. The Morgan fingerprint density at radius 1 is 1.12 bits per heavy atom. The summed E-state index contributed by atoms with van der Waals surface area (Å²) in [5.41, 5.74) is 1.25. The molecule has 3 nitrogen and oxygen atoms in total. The van der Waals surface area contributed by atoms with Gasteiger partial charge in [-0.05, 0) is 68.1 Å². The highest BCUT2D eigenvalue weighted by Crippen LogP contribution is 2.26. The number of benzene rings is 2. The first kappa shape index (κ1) is 20.7. The minimum atomic E-state index is -0.0818. The van der Waals surface area contributed by atoms with Gasteiger partial charge in [-0.3, -0.25) is 4.79 Å². The minimum Gasteiger partial charge on any atom is -0.494 e. The fraction of sp³-hybridized carbons (Fsp3) is 0.381. The summed E-state index contributed by atoms with van der Waals surface area (Å²) in [6.45, 7) is 5.38. The second-order valence-electron chi connectivity index (χ2n) is 5.94. The number of hydrogen-bond acceptors (Lipinski definition) is 3. The molecule has 0 fully saturated rings. The third kappa shape index (κ3) is 6.93. The molecule has 2 rings (SSSR count). The molecule has 1 amide bonds. The van der Waals surface area contributed by atoms with E-state index in [-0.39, 0.29) is 11.2 Å². The van der Waals surface area contributed by atoms with Crippen LogP contribution >= 0.6 is 23.4 Å². The molecule has 0 aliphatic heterocycles. The molecule has 0 heterocycles. The van der Waals surface area contributed by atoms with Crippen molar-refractivity contribution in [3.63, 3.8) is 0 Å². The first-order valence-electron chi connectivity index (χ1n) is 9.04. The van der Waals surface area contributed by atoms with Gasteiger partial charge in [0.1, 0.15) is 5.75 Å². The highest BCUT2D eigenvalue weighted by Gasteiger charge is 2.17. The largest absolute Gasteiger partial charge is 0.494 e. The molecule has 1 unspecified atom stereocenters. The van der Waals surface area contributed by atoms with Gasteiger partial charge in [-0.15, -0.1) is 11.8 Å². The second kappa shape index (κ2) is 11.1. The van der Waals surface area contributed by atoms with Crippen LogP contribution in [0.3, 0.4) is 0 Å². The Balaban J connectivity index is 1.73. The number of nitrogens with one attached hydrogen (secondary N) is 1. The minimum absolute atomic E-state index is 0.0818. The van der Waals surface area contributed by atoms with E-state index in [0.29, 0.717) is 18.2 Å². The fourth-order valence-corrected chi connectivity index (χ4v) is 3.64. The van der Waals surface area contributed by atoms with Gasteiger partial charge in [-0.2, -0.15) is 0 Å². The number of thioether (sulfide) groups is 1. The Hall–Kier alpha value is -1.65. The summed E-state index contributed by atoms with van der Waals surface area (Å²) < 4.78 is 5.45. The molecule has 1 atom stereocenters. The van der Waals surface area contributed by atoms with E-state index in [1.807, 2.05) is 50.2 Å². The van der Waals surface area contributed by atoms with Gasteiger partial charge in [0.05, 0.1) is 11.9 Å². The lowest BCUT2D eigenvalue weighted by Gasteiger charge is -2.15. The molecule has 0 saturated heterocycles. The molecule has 5 heteroatoms. The van der Waals surface area contributed by atoms with Crippen LogP contribution in [0.25, 0.3) is 0 Å². The summed E-state index contributed by atoms with van der Waals surface area (Å²) in [6, 6.07) is 15.8. The number of carbonyl (C=O) groups is 1. The number of amides is 1. The van der Waals surface area contributed by atoms with E-state index in [9.17, 15) is 4.79 Å². The van der Waals surface area contributed by atoms with Crippen molar-refractivity contribution >= 4 is 29.3 Å². The fourth-order valence-electron chi connectivity index (χ4n) is 2.54. The lowest BCUT2D eigenvalue weighted by molar-refractivity contribution is -0.120. The first-order valence-corrected chi connectivity index (χ1v) is 10.3. The molecular weight excluding hydrogens is 366 g/mol. The number of aryl methyl sites for hydroxylation is 1. The molecule has 26 heavy (non-hydrogen) atoms. The van der Waals surface area contributed by atoms with Crippen molar-refractivity contribution in [1.29, 1.82) is 0 Å².